The van der Waals surface area contributed by atoms with Gasteiger partial charge in [-0.15, -0.1) is 0 Å². The molecule has 6 nitrogen and oxygen atoms in total. The molecule has 1 saturated heterocycles. The van der Waals surface area contributed by atoms with E-state index >= 15 is 0 Å². The fourth-order valence-corrected chi connectivity index (χ4v) is 3.30. The lowest BCUT2D eigenvalue weighted by atomic mass is 9.92. The second kappa shape index (κ2) is 8.54. The third-order valence-electron chi connectivity index (χ3n) is 4.82. The minimum atomic E-state index is -0.361. The molecular formula is C20H31N3O3. The summed E-state index contributed by atoms with van der Waals surface area (Å²) in [5, 5.41) is 2.91. The van der Waals surface area contributed by atoms with E-state index in [-0.39, 0.29) is 23.3 Å². The lowest BCUT2D eigenvalue weighted by Gasteiger charge is -2.38. The number of anilines is 1. The zero-order valence-electron chi connectivity index (χ0n) is 16.5. The number of hydrogen-bond acceptors (Lipinski definition) is 4. The van der Waals surface area contributed by atoms with E-state index in [2.05, 4.69) is 10.2 Å². The molecule has 0 bridgehead atoms. The summed E-state index contributed by atoms with van der Waals surface area (Å²) >= 11 is 0. The molecule has 1 N–H and O–H groups in total. The highest BCUT2D eigenvalue weighted by atomic mass is 16.5. The number of piperidine rings is 1. The molecule has 6 heteroatoms. The molecule has 0 aromatic heterocycles. The molecule has 2 amide bonds. The fourth-order valence-electron chi connectivity index (χ4n) is 3.30. The van der Waals surface area contributed by atoms with Crippen LogP contribution in [-0.2, 0) is 9.59 Å². The molecular weight excluding hydrogens is 330 g/mol. The Kier molecular flexibility index (Phi) is 6.64. The number of amides is 2. The van der Waals surface area contributed by atoms with Crippen molar-refractivity contribution in [2.24, 2.45) is 5.41 Å². The van der Waals surface area contributed by atoms with Gasteiger partial charge in [-0.05, 0) is 25.0 Å². The van der Waals surface area contributed by atoms with Crippen LogP contribution in [0.15, 0.2) is 24.3 Å². The van der Waals surface area contributed by atoms with E-state index in [9.17, 15) is 9.59 Å². The first-order chi connectivity index (χ1) is 12.2. The van der Waals surface area contributed by atoms with E-state index in [0.717, 1.165) is 25.9 Å². The monoisotopic (exact) mass is 361 g/mol. The van der Waals surface area contributed by atoms with Crippen molar-refractivity contribution in [3.63, 3.8) is 0 Å². The predicted molar refractivity (Wildman–Crippen MR) is 103 cm³/mol. The van der Waals surface area contributed by atoms with Gasteiger partial charge in [-0.3, -0.25) is 14.5 Å². The maximum Gasteiger partial charge on any atom is 0.238 e. The van der Waals surface area contributed by atoms with Crippen molar-refractivity contribution in [1.82, 2.24) is 9.80 Å². The number of rotatable bonds is 5. The van der Waals surface area contributed by atoms with Crippen molar-refractivity contribution < 1.29 is 14.3 Å². The summed E-state index contributed by atoms with van der Waals surface area (Å²) in [7, 11) is 3.48. The lowest BCUT2D eigenvalue weighted by Crippen LogP contribution is -2.49. The van der Waals surface area contributed by atoms with Gasteiger partial charge in [-0.1, -0.05) is 32.9 Å². The highest BCUT2D eigenvalue weighted by Gasteiger charge is 2.31. The molecule has 2 rings (SSSR count). The van der Waals surface area contributed by atoms with Gasteiger partial charge < -0.3 is 15.0 Å². The SMILES string of the molecule is COc1ccccc1NC(=O)CN1CCC(N(C)C(=O)C(C)(C)C)CC1. The molecule has 0 spiro atoms. The molecule has 1 aromatic carbocycles. The smallest absolute Gasteiger partial charge is 0.238 e. The molecule has 0 radical (unpaired) electrons. The molecule has 144 valence electrons. The summed E-state index contributed by atoms with van der Waals surface area (Å²) in [5.41, 5.74) is 0.325. The Bertz CT molecular complexity index is 631. The van der Waals surface area contributed by atoms with Gasteiger partial charge in [0.1, 0.15) is 5.75 Å². The Morgan fingerprint density at radius 3 is 2.42 bits per heavy atom. The lowest BCUT2D eigenvalue weighted by molar-refractivity contribution is -0.141. The van der Waals surface area contributed by atoms with Gasteiger partial charge in [0.15, 0.2) is 0 Å². The molecule has 0 atom stereocenters. The van der Waals surface area contributed by atoms with Crippen LogP contribution >= 0.6 is 0 Å². The Morgan fingerprint density at radius 2 is 1.85 bits per heavy atom. The quantitative estimate of drug-likeness (QED) is 0.876. The van der Waals surface area contributed by atoms with Gasteiger partial charge in [-0.25, -0.2) is 0 Å². The standard InChI is InChI=1S/C20H31N3O3/c1-20(2,3)19(25)22(4)15-10-12-23(13-11-15)14-18(24)21-16-8-6-7-9-17(16)26-5/h6-9,15H,10-14H2,1-5H3,(H,21,24). The van der Waals surface area contributed by atoms with Crippen LogP contribution in [0.1, 0.15) is 33.6 Å². The first-order valence-corrected chi connectivity index (χ1v) is 9.15. The molecule has 1 aliphatic heterocycles. The maximum absolute atomic E-state index is 12.4. The topological polar surface area (TPSA) is 61.9 Å². The molecule has 0 unspecified atom stereocenters. The number of nitrogens with one attached hydrogen (secondary N) is 1. The van der Waals surface area contributed by atoms with Crippen molar-refractivity contribution in [2.75, 3.05) is 39.1 Å². The summed E-state index contributed by atoms with van der Waals surface area (Å²) in [6.45, 7) is 7.81. The summed E-state index contributed by atoms with van der Waals surface area (Å²) in [6.07, 6.45) is 1.78. The van der Waals surface area contributed by atoms with Crippen molar-refractivity contribution in [1.29, 1.82) is 0 Å². The molecule has 1 aromatic rings. The van der Waals surface area contributed by atoms with Gasteiger partial charge in [0, 0.05) is 31.6 Å². The first kappa shape index (κ1) is 20.2. The Morgan fingerprint density at radius 1 is 1.23 bits per heavy atom. The minimum absolute atomic E-state index is 0.0490. The maximum atomic E-state index is 12.4. The van der Waals surface area contributed by atoms with Gasteiger partial charge in [0.2, 0.25) is 11.8 Å². The molecule has 0 aliphatic carbocycles. The number of ether oxygens (including phenoxy) is 1. The van der Waals surface area contributed by atoms with E-state index in [1.807, 2.05) is 57.0 Å². The largest absolute Gasteiger partial charge is 0.495 e. The second-order valence-corrected chi connectivity index (χ2v) is 7.92. The molecule has 26 heavy (non-hydrogen) atoms. The van der Waals surface area contributed by atoms with Gasteiger partial charge >= 0.3 is 0 Å². The Balaban J connectivity index is 1.83. The fraction of sp³-hybridized carbons (Fsp3) is 0.600. The van der Waals surface area contributed by atoms with Crippen LogP contribution in [-0.4, -0.2) is 61.4 Å². The van der Waals surface area contributed by atoms with E-state index < -0.39 is 0 Å². The van der Waals surface area contributed by atoms with E-state index in [1.54, 1.807) is 7.11 Å². The third-order valence-corrected chi connectivity index (χ3v) is 4.82. The van der Waals surface area contributed by atoms with Crippen LogP contribution in [0.5, 0.6) is 5.75 Å². The van der Waals surface area contributed by atoms with Crippen LogP contribution in [0.4, 0.5) is 5.69 Å². The summed E-state index contributed by atoms with van der Waals surface area (Å²) < 4.78 is 5.26. The zero-order chi connectivity index (χ0) is 19.3. The Labute approximate surface area is 156 Å². The number of methoxy groups -OCH3 is 1. The molecule has 0 saturated carbocycles. The minimum Gasteiger partial charge on any atom is -0.495 e. The predicted octanol–water partition coefficient (Wildman–Crippen LogP) is 2.60. The number of benzene rings is 1. The summed E-state index contributed by atoms with van der Waals surface area (Å²) in [6, 6.07) is 7.63. The number of nitrogens with zero attached hydrogens (tertiary/aromatic N) is 2. The number of para-hydroxylation sites is 2. The molecule has 1 heterocycles. The van der Waals surface area contributed by atoms with Crippen LogP contribution in [0.25, 0.3) is 0 Å². The molecule has 1 fully saturated rings. The van der Waals surface area contributed by atoms with Crippen molar-refractivity contribution in [3.8, 4) is 5.75 Å². The van der Waals surface area contributed by atoms with E-state index in [4.69, 9.17) is 4.74 Å². The average molecular weight is 361 g/mol. The van der Waals surface area contributed by atoms with Crippen LogP contribution in [0, 0.1) is 5.41 Å². The van der Waals surface area contributed by atoms with Crippen molar-refractivity contribution in [2.45, 2.75) is 39.7 Å². The van der Waals surface area contributed by atoms with Gasteiger partial charge in [0.05, 0.1) is 19.3 Å². The summed E-state index contributed by atoms with van der Waals surface area (Å²) in [5.74, 6) is 0.777. The number of carbonyl (C=O) groups is 2. The van der Waals surface area contributed by atoms with Crippen molar-refractivity contribution in [3.05, 3.63) is 24.3 Å². The number of hydrogen-bond donors (Lipinski definition) is 1. The average Bonchev–Trinajstić information content (AvgIpc) is 2.60. The van der Waals surface area contributed by atoms with Gasteiger partial charge in [-0.2, -0.15) is 0 Å². The van der Waals surface area contributed by atoms with Crippen molar-refractivity contribution >= 4 is 17.5 Å². The zero-order valence-corrected chi connectivity index (χ0v) is 16.5. The van der Waals surface area contributed by atoms with E-state index in [0.29, 0.717) is 18.0 Å². The first-order valence-electron chi connectivity index (χ1n) is 9.15. The molecule has 1 aliphatic rings. The number of carbonyl (C=O) groups excluding carboxylic acids is 2. The van der Waals surface area contributed by atoms with Crippen LogP contribution in [0.3, 0.4) is 0 Å². The van der Waals surface area contributed by atoms with Gasteiger partial charge in [0.25, 0.3) is 0 Å². The number of likely N-dealkylation sites (tertiary alicyclic amines) is 1. The van der Waals surface area contributed by atoms with Crippen LogP contribution in [0.2, 0.25) is 0 Å². The third kappa shape index (κ3) is 5.21. The highest BCUT2D eigenvalue weighted by Crippen LogP contribution is 2.24. The van der Waals surface area contributed by atoms with E-state index in [1.165, 1.54) is 0 Å². The Hall–Kier alpha value is -2.08. The second-order valence-electron chi connectivity index (χ2n) is 7.92. The highest BCUT2D eigenvalue weighted by molar-refractivity contribution is 5.93. The normalized spacial score (nSPS) is 16.2. The van der Waals surface area contributed by atoms with Crippen LogP contribution < -0.4 is 10.1 Å². The summed E-state index contributed by atoms with van der Waals surface area (Å²) in [4.78, 5) is 28.8.